The highest BCUT2D eigenvalue weighted by Gasteiger charge is 2.36. The van der Waals surface area contributed by atoms with Gasteiger partial charge < -0.3 is 24.6 Å². The van der Waals surface area contributed by atoms with Gasteiger partial charge in [-0.15, -0.1) is 0 Å². The number of nitrogens with one attached hydrogen (secondary N) is 2. The van der Waals surface area contributed by atoms with Crippen molar-refractivity contribution in [3.63, 3.8) is 0 Å². The van der Waals surface area contributed by atoms with Gasteiger partial charge in [-0.3, -0.25) is 19.3 Å². The van der Waals surface area contributed by atoms with E-state index in [2.05, 4.69) is 15.8 Å². The number of ether oxygens (including phenoxy) is 2. The van der Waals surface area contributed by atoms with E-state index in [-0.39, 0.29) is 25.5 Å². The van der Waals surface area contributed by atoms with Gasteiger partial charge in [0.1, 0.15) is 11.8 Å². The molecule has 1 aromatic heterocycles. The zero-order valence-corrected chi connectivity index (χ0v) is 23.0. The van der Waals surface area contributed by atoms with Gasteiger partial charge in [0, 0.05) is 46.8 Å². The predicted octanol–water partition coefficient (Wildman–Crippen LogP) is 5.16. The Balaban J connectivity index is 1.70. The quantitative estimate of drug-likeness (QED) is 0.354. The maximum Gasteiger partial charge on any atom is 0.248 e. The van der Waals surface area contributed by atoms with Gasteiger partial charge in [-0.25, -0.2) is 0 Å². The molecule has 0 spiro atoms. The number of halogens is 1. The second-order valence-corrected chi connectivity index (χ2v) is 10.2. The maximum atomic E-state index is 13.9. The van der Waals surface area contributed by atoms with Crippen LogP contribution in [0.4, 0.5) is 11.5 Å². The second kappa shape index (κ2) is 11.8. The number of rotatable bonds is 10. The first-order valence-corrected chi connectivity index (χ1v) is 13.0. The zero-order chi connectivity index (χ0) is 28.2. The SMILES string of the molecule is CCC(C)(C)NC(=O)C(c1ccccc1Cl)N(C(=O)CCC(=O)Nc1cc(C)on1)c1ccc2c(c1)OCO2. The van der Waals surface area contributed by atoms with Crippen molar-refractivity contribution >= 4 is 40.8 Å². The van der Waals surface area contributed by atoms with Gasteiger partial charge in [-0.2, -0.15) is 0 Å². The molecule has 1 unspecified atom stereocenters. The molecule has 0 radical (unpaired) electrons. The molecule has 4 rings (SSSR count). The number of benzene rings is 2. The van der Waals surface area contributed by atoms with E-state index in [0.717, 1.165) is 0 Å². The van der Waals surface area contributed by atoms with Gasteiger partial charge in [0.15, 0.2) is 17.3 Å². The third-order valence-electron chi connectivity index (χ3n) is 6.42. The largest absolute Gasteiger partial charge is 0.454 e. The van der Waals surface area contributed by atoms with E-state index in [1.807, 2.05) is 20.8 Å². The molecule has 2 aromatic carbocycles. The average molecular weight is 555 g/mol. The smallest absolute Gasteiger partial charge is 0.248 e. The van der Waals surface area contributed by atoms with Crippen molar-refractivity contribution in [3.05, 3.63) is 64.9 Å². The van der Waals surface area contributed by atoms with Crippen molar-refractivity contribution in [2.45, 2.75) is 58.5 Å². The normalized spacial score (nSPS) is 13.1. The highest BCUT2D eigenvalue weighted by Crippen LogP contribution is 2.39. The Morgan fingerprint density at radius 3 is 2.51 bits per heavy atom. The van der Waals surface area contributed by atoms with Crippen LogP contribution in [0.5, 0.6) is 11.5 Å². The fourth-order valence-electron chi connectivity index (χ4n) is 4.03. The molecule has 3 aromatic rings. The highest BCUT2D eigenvalue weighted by atomic mass is 35.5. The van der Waals surface area contributed by atoms with Crippen LogP contribution in [0.2, 0.25) is 5.02 Å². The van der Waals surface area contributed by atoms with Crippen molar-refractivity contribution in [1.29, 1.82) is 0 Å². The van der Waals surface area contributed by atoms with Crippen LogP contribution >= 0.6 is 11.6 Å². The monoisotopic (exact) mass is 554 g/mol. The Morgan fingerprint density at radius 1 is 1.08 bits per heavy atom. The number of carbonyl (C=O) groups excluding carboxylic acids is 3. The fraction of sp³-hybridized carbons (Fsp3) is 0.357. The summed E-state index contributed by atoms with van der Waals surface area (Å²) in [6.45, 7) is 7.51. The Hall–Kier alpha value is -4.05. The van der Waals surface area contributed by atoms with E-state index in [1.165, 1.54) is 4.90 Å². The first-order chi connectivity index (χ1) is 18.6. The van der Waals surface area contributed by atoms with Crippen molar-refractivity contribution in [2.75, 3.05) is 17.0 Å². The van der Waals surface area contributed by atoms with Gasteiger partial charge in [0.25, 0.3) is 0 Å². The van der Waals surface area contributed by atoms with Crippen LogP contribution in [0.15, 0.2) is 53.1 Å². The summed E-state index contributed by atoms with van der Waals surface area (Å²) in [6, 6.07) is 12.3. The van der Waals surface area contributed by atoms with E-state index < -0.39 is 29.3 Å². The van der Waals surface area contributed by atoms with Crippen molar-refractivity contribution < 1.29 is 28.4 Å². The lowest BCUT2D eigenvalue weighted by Crippen LogP contribution is -2.50. The van der Waals surface area contributed by atoms with Crippen molar-refractivity contribution in [3.8, 4) is 11.5 Å². The first kappa shape index (κ1) is 28.0. The van der Waals surface area contributed by atoms with E-state index >= 15 is 0 Å². The lowest BCUT2D eigenvalue weighted by atomic mass is 9.97. The summed E-state index contributed by atoms with van der Waals surface area (Å²) in [7, 11) is 0. The minimum absolute atomic E-state index is 0.0492. The highest BCUT2D eigenvalue weighted by molar-refractivity contribution is 6.31. The molecule has 2 heterocycles. The van der Waals surface area contributed by atoms with E-state index in [0.29, 0.717) is 40.0 Å². The number of hydrogen-bond acceptors (Lipinski definition) is 7. The van der Waals surface area contributed by atoms with Crippen molar-refractivity contribution in [2.24, 2.45) is 0 Å². The molecule has 0 bridgehead atoms. The summed E-state index contributed by atoms with van der Waals surface area (Å²) in [5.74, 6) is 0.467. The zero-order valence-electron chi connectivity index (χ0n) is 22.2. The van der Waals surface area contributed by atoms with Gasteiger partial charge in [-0.05, 0) is 45.4 Å². The van der Waals surface area contributed by atoms with Crippen LogP contribution in [-0.4, -0.2) is 35.2 Å². The minimum Gasteiger partial charge on any atom is -0.454 e. The van der Waals surface area contributed by atoms with Crippen LogP contribution in [0.1, 0.15) is 57.4 Å². The van der Waals surface area contributed by atoms with Gasteiger partial charge in [-0.1, -0.05) is 41.9 Å². The molecular weight excluding hydrogens is 524 g/mol. The maximum absolute atomic E-state index is 13.9. The van der Waals surface area contributed by atoms with Crippen LogP contribution in [0, 0.1) is 6.92 Å². The summed E-state index contributed by atoms with van der Waals surface area (Å²) in [6.07, 6.45) is 0.319. The Bertz CT molecular complexity index is 1370. The summed E-state index contributed by atoms with van der Waals surface area (Å²) >= 11 is 6.58. The summed E-state index contributed by atoms with van der Waals surface area (Å²) < 4.78 is 15.9. The molecule has 0 fully saturated rings. The molecular formula is C28H31ClN4O6. The second-order valence-electron chi connectivity index (χ2n) is 9.82. The molecule has 0 aliphatic carbocycles. The molecule has 3 amide bonds. The lowest BCUT2D eigenvalue weighted by molar-refractivity contribution is -0.128. The predicted molar refractivity (Wildman–Crippen MR) is 146 cm³/mol. The van der Waals surface area contributed by atoms with E-state index in [1.54, 1.807) is 55.5 Å². The number of aromatic nitrogens is 1. The topological polar surface area (TPSA) is 123 Å². The lowest BCUT2D eigenvalue weighted by Gasteiger charge is -2.35. The third-order valence-corrected chi connectivity index (χ3v) is 6.76. The Kier molecular flexibility index (Phi) is 8.44. The number of hydrogen-bond donors (Lipinski definition) is 2. The molecule has 2 N–H and O–H groups in total. The number of aryl methyl sites for hydroxylation is 1. The molecule has 206 valence electrons. The van der Waals surface area contributed by atoms with Gasteiger partial charge in [0.2, 0.25) is 24.5 Å². The first-order valence-electron chi connectivity index (χ1n) is 12.6. The fourth-order valence-corrected chi connectivity index (χ4v) is 4.27. The molecule has 1 aliphatic heterocycles. The summed E-state index contributed by atoms with van der Waals surface area (Å²) in [4.78, 5) is 41.7. The standard InChI is InChI=1S/C28H31ClN4O6/c1-5-28(3,4)31-27(36)26(19-8-6-7-9-20(19)29)33(18-10-11-21-22(15-18)38-16-37-21)25(35)13-12-24(34)30-23-14-17(2)39-32-23/h6-11,14-15,26H,5,12-13,16H2,1-4H3,(H,31,36)(H,30,32,34). The van der Waals surface area contributed by atoms with Gasteiger partial charge >= 0.3 is 0 Å². The molecule has 0 saturated carbocycles. The van der Waals surface area contributed by atoms with Crippen LogP contribution in [0.25, 0.3) is 0 Å². The number of nitrogens with zero attached hydrogens (tertiary/aromatic N) is 2. The Labute approximate surface area is 231 Å². The molecule has 10 nitrogen and oxygen atoms in total. The number of anilines is 2. The van der Waals surface area contributed by atoms with Crippen LogP contribution in [0.3, 0.4) is 0 Å². The average Bonchev–Trinajstić information content (AvgIpc) is 3.54. The van der Waals surface area contributed by atoms with Crippen molar-refractivity contribution in [1.82, 2.24) is 10.5 Å². The molecule has 0 saturated heterocycles. The third kappa shape index (κ3) is 6.69. The van der Waals surface area contributed by atoms with Gasteiger partial charge in [0.05, 0.1) is 0 Å². The van der Waals surface area contributed by atoms with Crippen LogP contribution < -0.4 is 25.0 Å². The molecule has 1 atom stereocenters. The molecule has 39 heavy (non-hydrogen) atoms. The Morgan fingerprint density at radius 2 is 1.82 bits per heavy atom. The number of carbonyl (C=O) groups is 3. The number of amides is 3. The summed E-state index contributed by atoms with van der Waals surface area (Å²) in [5, 5.41) is 9.72. The molecule has 11 heteroatoms. The number of fused-ring (bicyclic) bond motifs is 1. The van der Waals surface area contributed by atoms with E-state index in [9.17, 15) is 14.4 Å². The van der Waals surface area contributed by atoms with E-state index in [4.69, 9.17) is 25.6 Å². The molecule has 1 aliphatic rings. The minimum atomic E-state index is -1.13. The summed E-state index contributed by atoms with van der Waals surface area (Å²) in [5.41, 5.74) is 0.291. The van der Waals surface area contributed by atoms with Crippen LogP contribution in [-0.2, 0) is 14.4 Å².